The molecule has 1 fully saturated rings. The highest BCUT2D eigenvalue weighted by molar-refractivity contribution is 5.94. The lowest BCUT2D eigenvalue weighted by atomic mass is 10.1. The summed E-state index contributed by atoms with van der Waals surface area (Å²) in [7, 11) is 0. The van der Waals surface area contributed by atoms with Gasteiger partial charge >= 0.3 is 0 Å². The molecule has 0 bridgehead atoms. The van der Waals surface area contributed by atoms with Gasteiger partial charge in [-0.2, -0.15) is 4.98 Å². The Kier molecular flexibility index (Phi) is 2.65. The van der Waals surface area contributed by atoms with Gasteiger partial charge in [0, 0.05) is 24.8 Å². The molecule has 1 atom stereocenters. The van der Waals surface area contributed by atoms with Crippen molar-refractivity contribution in [2.75, 3.05) is 11.4 Å². The Balaban J connectivity index is 2.19. The Morgan fingerprint density at radius 3 is 2.88 bits per heavy atom. The van der Waals surface area contributed by atoms with Crippen molar-refractivity contribution in [2.24, 2.45) is 5.92 Å². The van der Waals surface area contributed by atoms with Crippen LogP contribution in [-0.4, -0.2) is 22.6 Å². The SMILES string of the molecule is C#CC1CC(=O)N(c2noc(C(C)C)n2)C1. The number of hydrogen-bond acceptors (Lipinski definition) is 4. The van der Waals surface area contributed by atoms with Crippen LogP contribution in [0.4, 0.5) is 5.95 Å². The van der Waals surface area contributed by atoms with E-state index in [4.69, 9.17) is 10.9 Å². The molecule has 16 heavy (non-hydrogen) atoms. The number of aromatic nitrogens is 2. The van der Waals surface area contributed by atoms with Gasteiger partial charge in [-0.15, -0.1) is 12.3 Å². The van der Waals surface area contributed by atoms with Crippen LogP contribution in [0.1, 0.15) is 32.1 Å². The molecule has 1 aliphatic rings. The maximum Gasteiger partial charge on any atom is 0.272 e. The van der Waals surface area contributed by atoms with Gasteiger partial charge in [-0.3, -0.25) is 9.69 Å². The van der Waals surface area contributed by atoms with Crippen LogP contribution in [0.3, 0.4) is 0 Å². The summed E-state index contributed by atoms with van der Waals surface area (Å²) in [6.45, 7) is 4.38. The lowest BCUT2D eigenvalue weighted by Gasteiger charge is -2.08. The van der Waals surface area contributed by atoms with Crippen LogP contribution < -0.4 is 4.90 Å². The molecule has 5 nitrogen and oxygen atoms in total. The van der Waals surface area contributed by atoms with E-state index in [2.05, 4.69) is 16.1 Å². The predicted octanol–water partition coefficient (Wildman–Crippen LogP) is 1.18. The Morgan fingerprint density at radius 1 is 1.62 bits per heavy atom. The molecule has 1 aromatic rings. The molecule has 2 rings (SSSR count). The van der Waals surface area contributed by atoms with Crippen LogP contribution >= 0.6 is 0 Å². The number of hydrogen-bond donors (Lipinski definition) is 0. The smallest absolute Gasteiger partial charge is 0.272 e. The van der Waals surface area contributed by atoms with Crippen molar-refractivity contribution < 1.29 is 9.32 Å². The second kappa shape index (κ2) is 3.97. The van der Waals surface area contributed by atoms with E-state index in [1.54, 1.807) is 0 Å². The molecule has 1 unspecified atom stereocenters. The average Bonchev–Trinajstić information content (AvgIpc) is 2.83. The first-order valence-electron chi connectivity index (χ1n) is 5.22. The fourth-order valence-electron chi connectivity index (χ4n) is 1.58. The number of carbonyl (C=O) groups is 1. The van der Waals surface area contributed by atoms with Crippen LogP contribution in [-0.2, 0) is 4.79 Å². The maximum atomic E-state index is 11.6. The molecular formula is C11H13N3O2. The minimum atomic E-state index is -0.0477. The van der Waals surface area contributed by atoms with E-state index in [1.807, 2.05) is 13.8 Å². The Labute approximate surface area is 93.8 Å². The van der Waals surface area contributed by atoms with Gasteiger partial charge in [0.1, 0.15) is 0 Å². The van der Waals surface area contributed by atoms with Crippen LogP contribution in [0, 0.1) is 18.3 Å². The van der Waals surface area contributed by atoms with Crippen molar-refractivity contribution in [3.05, 3.63) is 5.89 Å². The van der Waals surface area contributed by atoms with Crippen molar-refractivity contribution in [1.29, 1.82) is 0 Å². The molecule has 0 aliphatic carbocycles. The van der Waals surface area contributed by atoms with Gasteiger partial charge in [0.25, 0.3) is 5.95 Å². The third kappa shape index (κ3) is 1.78. The van der Waals surface area contributed by atoms with E-state index >= 15 is 0 Å². The number of anilines is 1. The summed E-state index contributed by atoms with van der Waals surface area (Å²) in [5.41, 5.74) is 0. The zero-order chi connectivity index (χ0) is 11.7. The number of nitrogens with zero attached hydrogens (tertiary/aromatic N) is 3. The fourth-order valence-corrected chi connectivity index (χ4v) is 1.58. The van der Waals surface area contributed by atoms with Gasteiger partial charge in [-0.05, 0) is 5.16 Å². The molecule has 1 amide bonds. The van der Waals surface area contributed by atoms with E-state index in [0.717, 1.165) is 0 Å². The molecule has 2 heterocycles. The van der Waals surface area contributed by atoms with Crippen LogP contribution in [0.25, 0.3) is 0 Å². The van der Waals surface area contributed by atoms with Gasteiger partial charge in [0.05, 0.1) is 0 Å². The van der Waals surface area contributed by atoms with Crippen LogP contribution in [0.5, 0.6) is 0 Å². The summed E-state index contributed by atoms with van der Waals surface area (Å²) in [6.07, 6.45) is 5.66. The Hall–Kier alpha value is -1.83. The second-order valence-corrected chi connectivity index (χ2v) is 4.16. The zero-order valence-electron chi connectivity index (χ0n) is 9.30. The van der Waals surface area contributed by atoms with Gasteiger partial charge in [0.2, 0.25) is 11.8 Å². The number of terminal acetylenes is 1. The summed E-state index contributed by atoms with van der Waals surface area (Å²) < 4.78 is 5.05. The zero-order valence-corrected chi connectivity index (χ0v) is 9.30. The highest BCUT2D eigenvalue weighted by Crippen LogP contribution is 2.23. The second-order valence-electron chi connectivity index (χ2n) is 4.16. The fraction of sp³-hybridized carbons (Fsp3) is 0.545. The molecule has 0 saturated carbocycles. The van der Waals surface area contributed by atoms with Gasteiger partial charge < -0.3 is 4.52 Å². The van der Waals surface area contributed by atoms with E-state index in [9.17, 15) is 4.79 Å². The van der Waals surface area contributed by atoms with Crippen molar-refractivity contribution >= 4 is 11.9 Å². The minimum absolute atomic E-state index is 0.0425. The third-order valence-corrected chi connectivity index (χ3v) is 2.53. The molecule has 5 heteroatoms. The first kappa shape index (κ1) is 10.7. The van der Waals surface area contributed by atoms with Gasteiger partial charge in [-0.25, -0.2) is 0 Å². The molecule has 1 aromatic heterocycles. The molecule has 0 aromatic carbocycles. The van der Waals surface area contributed by atoms with Crippen molar-refractivity contribution in [1.82, 2.24) is 10.1 Å². The van der Waals surface area contributed by atoms with Gasteiger partial charge in [0.15, 0.2) is 0 Å². The highest BCUT2D eigenvalue weighted by Gasteiger charge is 2.32. The molecule has 0 N–H and O–H groups in total. The maximum absolute atomic E-state index is 11.6. The number of carbonyl (C=O) groups excluding carboxylic acids is 1. The van der Waals surface area contributed by atoms with E-state index in [0.29, 0.717) is 24.8 Å². The Bertz CT molecular complexity index is 444. The van der Waals surface area contributed by atoms with Crippen molar-refractivity contribution in [2.45, 2.75) is 26.2 Å². The normalized spacial score (nSPS) is 20.5. The average molecular weight is 219 g/mol. The summed E-state index contributed by atoms with van der Waals surface area (Å²) in [5, 5.41) is 3.79. The summed E-state index contributed by atoms with van der Waals surface area (Å²) in [6, 6.07) is 0. The summed E-state index contributed by atoms with van der Waals surface area (Å²) >= 11 is 0. The molecule has 0 radical (unpaired) electrons. The topological polar surface area (TPSA) is 59.2 Å². The van der Waals surface area contributed by atoms with E-state index < -0.39 is 0 Å². The monoisotopic (exact) mass is 219 g/mol. The van der Waals surface area contributed by atoms with Gasteiger partial charge in [-0.1, -0.05) is 13.8 Å². The summed E-state index contributed by atoms with van der Waals surface area (Å²) in [5.74, 6) is 3.50. The quantitative estimate of drug-likeness (QED) is 0.701. The molecule has 1 saturated heterocycles. The molecular weight excluding hydrogens is 206 g/mol. The predicted molar refractivity (Wildman–Crippen MR) is 57.7 cm³/mol. The highest BCUT2D eigenvalue weighted by atomic mass is 16.5. The lowest BCUT2D eigenvalue weighted by Crippen LogP contribution is -2.25. The van der Waals surface area contributed by atoms with Crippen molar-refractivity contribution in [3.8, 4) is 12.3 Å². The molecule has 84 valence electrons. The third-order valence-electron chi connectivity index (χ3n) is 2.53. The van der Waals surface area contributed by atoms with Crippen molar-refractivity contribution in [3.63, 3.8) is 0 Å². The van der Waals surface area contributed by atoms with E-state index in [1.165, 1.54) is 4.90 Å². The number of amides is 1. The lowest BCUT2D eigenvalue weighted by molar-refractivity contribution is -0.117. The van der Waals surface area contributed by atoms with E-state index in [-0.39, 0.29) is 17.7 Å². The molecule has 0 spiro atoms. The largest absolute Gasteiger partial charge is 0.337 e. The molecule has 1 aliphatic heterocycles. The first-order chi connectivity index (χ1) is 7.61. The number of rotatable bonds is 2. The Morgan fingerprint density at radius 2 is 2.38 bits per heavy atom. The standard InChI is InChI=1S/C11H13N3O2/c1-4-8-5-9(15)14(6-8)11-12-10(7(2)3)16-13-11/h1,7-8H,5-6H2,2-3H3. The summed E-state index contributed by atoms with van der Waals surface area (Å²) in [4.78, 5) is 17.3. The first-order valence-corrected chi connectivity index (χ1v) is 5.22. The van der Waals surface area contributed by atoms with Crippen LogP contribution in [0.15, 0.2) is 4.52 Å². The van der Waals surface area contributed by atoms with Crippen LogP contribution in [0.2, 0.25) is 0 Å². The minimum Gasteiger partial charge on any atom is -0.337 e.